The van der Waals surface area contributed by atoms with Gasteiger partial charge in [0.05, 0.1) is 0 Å². The SMILES string of the molecule is Oc1ccccc1.Oc1ccccc1.Oc1ccccc1.Oc1ccccc1.[Cl-].[Nb+5]. The maximum absolute atomic E-state index is 8.63. The van der Waals surface area contributed by atoms with E-state index in [1.54, 1.807) is 97.1 Å². The maximum Gasteiger partial charge on any atom is 5.00 e. The van der Waals surface area contributed by atoms with Gasteiger partial charge in [-0.25, -0.2) is 0 Å². The Morgan fingerprint density at radius 3 is 0.500 bits per heavy atom. The van der Waals surface area contributed by atoms with Crippen molar-refractivity contribution in [2.45, 2.75) is 0 Å². The van der Waals surface area contributed by atoms with Crippen molar-refractivity contribution in [2.24, 2.45) is 0 Å². The molecule has 4 rings (SSSR count). The van der Waals surface area contributed by atoms with Gasteiger partial charge in [0.15, 0.2) is 0 Å². The Labute approximate surface area is 199 Å². The number of para-hydroxylation sites is 4. The summed E-state index contributed by atoms with van der Waals surface area (Å²) in [4.78, 5) is 0. The van der Waals surface area contributed by atoms with Crippen LogP contribution in [0, 0.1) is 0 Å². The molecule has 6 heteroatoms. The zero-order chi connectivity index (χ0) is 20.5. The van der Waals surface area contributed by atoms with Crippen LogP contribution >= 0.6 is 0 Å². The summed E-state index contributed by atoms with van der Waals surface area (Å²) >= 11 is 0. The molecule has 4 nitrogen and oxygen atoms in total. The summed E-state index contributed by atoms with van der Waals surface area (Å²) in [6.45, 7) is 0. The molecule has 0 fully saturated rings. The molecule has 152 valence electrons. The largest absolute Gasteiger partial charge is 5.00 e. The van der Waals surface area contributed by atoms with Crippen LogP contribution in [0.25, 0.3) is 0 Å². The van der Waals surface area contributed by atoms with Crippen LogP contribution in [0.15, 0.2) is 121 Å². The second-order valence-electron chi connectivity index (χ2n) is 5.34. The summed E-state index contributed by atoms with van der Waals surface area (Å²) < 4.78 is 0. The third-order valence-electron chi connectivity index (χ3n) is 3.02. The third-order valence-corrected chi connectivity index (χ3v) is 3.02. The number of halogens is 1. The predicted octanol–water partition coefficient (Wildman–Crippen LogP) is 2.57. The quantitative estimate of drug-likeness (QED) is 0.278. The van der Waals surface area contributed by atoms with Crippen LogP contribution in [0.3, 0.4) is 0 Å². The first-order chi connectivity index (χ1) is 13.6. The molecule has 30 heavy (non-hydrogen) atoms. The van der Waals surface area contributed by atoms with Crippen LogP contribution < -0.4 is 12.4 Å². The average Bonchev–Trinajstić information content (AvgIpc) is 2.72. The van der Waals surface area contributed by atoms with Gasteiger partial charge in [0.1, 0.15) is 23.0 Å². The van der Waals surface area contributed by atoms with Gasteiger partial charge in [-0.3, -0.25) is 0 Å². The number of hydrogen-bond donors (Lipinski definition) is 4. The summed E-state index contributed by atoms with van der Waals surface area (Å²) in [7, 11) is 0. The van der Waals surface area contributed by atoms with E-state index in [2.05, 4.69) is 0 Å². The van der Waals surface area contributed by atoms with Crippen molar-refractivity contribution < 1.29 is 55.2 Å². The monoisotopic (exact) mass is 504 g/mol. The predicted molar refractivity (Wildman–Crippen MR) is 112 cm³/mol. The van der Waals surface area contributed by atoms with E-state index in [4.69, 9.17) is 20.4 Å². The van der Waals surface area contributed by atoms with Crippen LogP contribution in [-0.2, 0) is 22.4 Å². The van der Waals surface area contributed by atoms with Crippen LogP contribution in [0.1, 0.15) is 0 Å². The summed E-state index contributed by atoms with van der Waals surface area (Å²) in [5.41, 5.74) is 0. The van der Waals surface area contributed by atoms with E-state index >= 15 is 0 Å². The number of hydrogen-bond acceptors (Lipinski definition) is 4. The van der Waals surface area contributed by atoms with Gasteiger partial charge in [-0.2, -0.15) is 0 Å². The van der Waals surface area contributed by atoms with E-state index in [1.165, 1.54) is 0 Å². The number of phenolic OH excluding ortho intramolecular Hbond substituents is 4. The topological polar surface area (TPSA) is 80.9 Å². The summed E-state index contributed by atoms with van der Waals surface area (Å²) in [5.74, 6) is 1.29. The zero-order valence-electron chi connectivity index (χ0n) is 16.2. The van der Waals surface area contributed by atoms with E-state index in [1.807, 2.05) is 24.3 Å². The fourth-order valence-electron chi connectivity index (χ4n) is 1.71. The number of aromatic hydroxyl groups is 4. The first-order valence-electron chi connectivity index (χ1n) is 8.54. The minimum absolute atomic E-state index is 0. The zero-order valence-corrected chi connectivity index (χ0v) is 19.1. The fraction of sp³-hybridized carbons (Fsp3) is 0. The van der Waals surface area contributed by atoms with Crippen molar-refractivity contribution in [3.8, 4) is 23.0 Å². The molecular weight excluding hydrogens is 481 g/mol. The molecule has 0 unspecified atom stereocenters. The molecular formula is C24H24ClNbO4+4. The van der Waals surface area contributed by atoms with Crippen molar-refractivity contribution in [3.63, 3.8) is 0 Å². The molecule has 0 spiro atoms. The average molecular weight is 505 g/mol. The first kappa shape index (κ1) is 29.3. The van der Waals surface area contributed by atoms with Gasteiger partial charge in [-0.05, 0) is 48.5 Å². The molecule has 0 atom stereocenters. The van der Waals surface area contributed by atoms with Gasteiger partial charge >= 0.3 is 22.4 Å². The summed E-state index contributed by atoms with van der Waals surface area (Å²) in [5, 5.41) is 34.5. The molecule has 0 radical (unpaired) electrons. The standard InChI is InChI=1S/4C6H6O.ClH.Nb/c4*7-6-4-2-1-3-5-6;;/h4*1-5,7H;1H;/q;;;;;+5/p-1. The first-order valence-corrected chi connectivity index (χ1v) is 8.54. The Bertz CT molecular complexity index is 699. The van der Waals surface area contributed by atoms with Crippen molar-refractivity contribution in [1.29, 1.82) is 0 Å². The molecule has 0 bridgehead atoms. The van der Waals surface area contributed by atoms with Gasteiger partial charge < -0.3 is 32.8 Å². The van der Waals surface area contributed by atoms with E-state index < -0.39 is 0 Å². The van der Waals surface area contributed by atoms with Gasteiger partial charge in [-0.15, -0.1) is 0 Å². The van der Waals surface area contributed by atoms with E-state index in [9.17, 15) is 0 Å². The number of phenols is 4. The molecule has 0 heterocycles. The maximum atomic E-state index is 8.63. The van der Waals surface area contributed by atoms with Crippen LogP contribution in [-0.4, -0.2) is 20.4 Å². The van der Waals surface area contributed by atoms with Crippen molar-refractivity contribution in [1.82, 2.24) is 0 Å². The second-order valence-corrected chi connectivity index (χ2v) is 5.34. The number of rotatable bonds is 0. The molecule has 0 aliphatic heterocycles. The molecule has 0 aliphatic rings. The minimum atomic E-state index is 0. The fourth-order valence-corrected chi connectivity index (χ4v) is 1.71. The molecule has 0 saturated carbocycles. The Balaban J connectivity index is 0. The molecule has 0 aromatic heterocycles. The Kier molecular flexibility index (Phi) is 19.0. The van der Waals surface area contributed by atoms with Gasteiger partial charge in [-0.1, -0.05) is 72.8 Å². The smallest absolute Gasteiger partial charge is 1.00 e. The molecule has 0 aliphatic carbocycles. The summed E-state index contributed by atoms with van der Waals surface area (Å²) in [6, 6.07) is 34.9. The second kappa shape index (κ2) is 19.4. The van der Waals surface area contributed by atoms with Crippen molar-refractivity contribution in [2.75, 3.05) is 0 Å². The van der Waals surface area contributed by atoms with E-state index in [0.717, 1.165) is 0 Å². The van der Waals surface area contributed by atoms with E-state index in [-0.39, 0.29) is 34.8 Å². The molecule has 4 aromatic rings. The Morgan fingerprint density at radius 1 is 0.300 bits per heavy atom. The normalized spacial score (nSPS) is 8.00. The molecule has 4 N–H and O–H groups in total. The van der Waals surface area contributed by atoms with Gasteiger partial charge in [0.2, 0.25) is 0 Å². The molecule has 0 saturated heterocycles. The van der Waals surface area contributed by atoms with Crippen LogP contribution in [0.4, 0.5) is 0 Å². The summed E-state index contributed by atoms with van der Waals surface area (Å²) in [6.07, 6.45) is 0. The molecule has 4 aromatic carbocycles. The van der Waals surface area contributed by atoms with Gasteiger partial charge in [0, 0.05) is 0 Å². The van der Waals surface area contributed by atoms with Crippen molar-refractivity contribution in [3.05, 3.63) is 121 Å². The van der Waals surface area contributed by atoms with Crippen LogP contribution in [0.5, 0.6) is 23.0 Å². The minimum Gasteiger partial charge on any atom is -1.00 e. The van der Waals surface area contributed by atoms with E-state index in [0.29, 0.717) is 23.0 Å². The van der Waals surface area contributed by atoms with Gasteiger partial charge in [0.25, 0.3) is 0 Å². The molecule has 0 amide bonds. The Morgan fingerprint density at radius 2 is 0.433 bits per heavy atom. The third kappa shape index (κ3) is 17.2. The van der Waals surface area contributed by atoms with Crippen molar-refractivity contribution >= 4 is 0 Å². The van der Waals surface area contributed by atoms with Crippen LogP contribution in [0.2, 0.25) is 0 Å². The Hall–Kier alpha value is -2.89. The number of benzene rings is 4.